The van der Waals surface area contributed by atoms with Crippen molar-refractivity contribution in [2.75, 3.05) is 47.5 Å². The lowest BCUT2D eigenvalue weighted by Gasteiger charge is -2.26. The molecule has 9 heteroatoms. The maximum atomic E-state index is 12.9. The number of quaternary nitrogens is 1. The van der Waals surface area contributed by atoms with Crippen molar-refractivity contribution in [3.05, 3.63) is 24.3 Å². The van der Waals surface area contributed by atoms with Crippen LogP contribution in [0.5, 0.6) is 0 Å². The fraction of sp³-hybridized carbons (Fsp3) is 0.907. The third-order valence-electron chi connectivity index (χ3n) is 17.0. The summed E-state index contributed by atoms with van der Waals surface area (Å²) < 4.78 is 22.8. The van der Waals surface area contributed by atoms with Gasteiger partial charge in [0.1, 0.15) is 13.2 Å². The number of ether oxygens (including phenoxy) is 4. The molecule has 0 radical (unpaired) electrons. The normalized spacial score (nSPS) is 12.7. The van der Waals surface area contributed by atoms with E-state index in [1.807, 2.05) is 21.1 Å². The Morgan fingerprint density at radius 3 is 0.940 bits per heavy atom. The lowest BCUT2D eigenvalue weighted by atomic mass is 10.0. The summed E-state index contributed by atoms with van der Waals surface area (Å²) in [7, 11) is 5.95. The van der Waals surface area contributed by atoms with Crippen LogP contribution in [-0.4, -0.2) is 82.3 Å². The van der Waals surface area contributed by atoms with E-state index >= 15 is 0 Å². The van der Waals surface area contributed by atoms with E-state index < -0.39 is 24.3 Å². The Morgan fingerprint density at radius 2 is 0.643 bits per heavy atom. The van der Waals surface area contributed by atoms with Gasteiger partial charge >= 0.3 is 11.9 Å². The maximum Gasteiger partial charge on any atom is 0.306 e. The van der Waals surface area contributed by atoms with Gasteiger partial charge in [-0.15, -0.1) is 0 Å². The van der Waals surface area contributed by atoms with Gasteiger partial charge in [0.15, 0.2) is 12.4 Å². The Morgan fingerprint density at radius 1 is 0.357 bits per heavy atom. The molecule has 2 unspecified atom stereocenters. The number of nitrogens with zero attached hydrogens (tertiary/aromatic N) is 1. The molecule has 0 aromatic heterocycles. The third-order valence-corrected chi connectivity index (χ3v) is 17.0. The molecular formula is C75H143NO8. The fourth-order valence-electron chi connectivity index (χ4n) is 11.3. The van der Waals surface area contributed by atoms with E-state index in [9.17, 15) is 19.5 Å². The minimum atomic E-state index is -1.62. The Balaban J connectivity index is 3.94. The Bertz CT molecular complexity index is 1430. The lowest BCUT2D eigenvalue weighted by Crippen LogP contribution is -2.44. The van der Waals surface area contributed by atoms with Crippen molar-refractivity contribution >= 4 is 17.9 Å². The van der Waals surface area contributed by atoms with Crippen LogP contribution in [-0.2, 0) is 33.3 Å². The van der Waals surface area contributed by atoms with E-state index in [1.165, 1.54) is 308 Å². The smallest absolute Gasteiger partial charge is 0.306 e. The predicted molar refractivity (Wildman–Crippen MR) is 357 cm³/mol. The number of carboxylic acids is 1. The Kier molecular flexibility index (Phi) is 64.9. The number of hydrogen-bond acceptors (Lipinski definition) is 8. The Hall–Kier alpha value is -2.23. The monoisotopic (exact) mass is 1190 g/mol. The molecule has 0 aliphatic rings. The summed E-state index contributed by atoms with van der Waals surface area (Å²) in [5.74, 6) is -2.25. The molecule has 0 rings (SSSR count). The van der Waals surface area contributed by atoms with E-state index in [1.54, 1.807) is 0 Å². The molecule has 0 fully saturated rings. The molecule has 0 heterocycles. The molecule has 496 valence electrons. The highest BCUT2D eigenvalue weighted by Crippen LogP contribution is 2.19. The fourth-order valence-corrected chi connectivity index (χ4v) is 11.3. The van der Waals surface area contributed by atoms with Gasteiger partial charge in [0, 0.05) is 12.8 Å². The van der Waals surface area contributed by atoms with E-state index in [4.69, 9.17) is 18.9 Å². The zero-order valence-corrected chi connectivity index (χ0v) is 56.8. The second-order valence-corrected chi connectivity index (χ2v) is 26.6. The average Bonchev–Trinajstić information content (AvgIpc) is 3.52. The highest BCUT2D eigenvalue weighted by atomic mass is 16.7. The van der Waals surface area contributed by atoms with Gasteiger partial charge in [0.05, 0.1) is 40.3 Å². The zero-order chi connectivity index (χ0) is 61.2. The molecule has 0 aliphatic carbocycles. The number of rotatable bonds is 70. The quantitative estimate of drug-likeness (QED) is 0.0195. The molecule has 0 saturated carbocycles. The minimum Gasteiger partial charge on any atom is -0.545 e. The first kappa shape index (κ1) is 81.8. The van der Waals surface area contributed by atoms with Gasteiger partial charge in [-0.05, 0) is 44.9 Å². The molecule has 0 aromatic carbocycles. The maximum absolute atomic E-state index is 12.9. The molecule has 0 saturated heterocycles. The number of esters is 2. The first-order valence-corrected chi connectivity index (χ1v) is 37.0. The average molecular weight is 1190 g/mol. The number of carbonyl (C=O) groups excluding carboxylic acids is 3. The molecule has 0 spiro atoms. The van der Waals surface area contributed by atoms with Gasteiger partial charge in [-0.1, -0.05) is 346 Å². The molecule has 84 heavy (non-hydrogen) atoms. The van der Waals surface area contributed by atoms with E-state index in [-0.39, 0.29) is 32.2 Å². The predicted octanol–water partition coefficient (Wildman–Crippen LogP) is 21.6. The van der Waals surface area contributed by atoms with E-state index in [0.29, 0.717) is 17.4 Å². The van der Waals surface area contributed by atoms with Gasteiger partial charge in [-0.2, -0.15) is 0 Å². The number of likely N-dealkylation sites (N-methyl/N-ethyl adjacent to an activating group) is 1. The van der Waals surface area contributed by atoms with Crippen molar-refractivity contribution in [2.24, 2.45) is 0 Å². The van der Waals surface area contributed by atoms with Crippen LogP contribution in [0.4, 0.5) is 0 Å². The summed E-state index contributed by atoms with van der Waals surface area (Å²) in [6.07, 6.45) is 80.0. The van der Waals surface area contributed by atoms with Crippen molar-refractivity contribution < 1.29 is 42.9 Å². The van der Waals surface area contributed by atoms with Crippen molar-refractivity contribution in [2.45, 2.75) is 392 Å². The first-order chi connectivity index (χ1) is 41.1. The van der Waals surface area contributed by atoms with Crippen LogP contribution in [0.15, 0.2) is 24.3 Å². The van der Waals surface area contributed by atoms with Crippen LogP contribution in [0.2, 0.25) is 0 Å². The van der Waals surface area contributed by atoms with Crippen LogP contribution >= 0.6 is 0 Å². The first-order valence-electron chi connectivity index (χ1n) is 37.0. The number of allylic oxidation sites excluding steroid dienone is 4. The van der Waals surface area contributed by atoms with Crippen molar-refractivity contribution in [1.82, 2.24) is 0 Å². The zero-order valence-electron chi connectivity index (χ0n) is 56.8. The van der Waals surface area contributed by atoms with Crippen LogP contribution in [0.25, 0.3) is 0 Å². The van der Waals surface area contributed by atoms with Gasteiger partial charge < -0.3 is 33.3 Å². The summed E-state index contributed by atoms with van der Waals surface area (Å²) in [4.78, 5) is 37.5. The molecule has 0 aliphatic heterocycles. The standard InChI is InChI=1S/C75H143NO8/c1-6-8-10-12-14-16-18-20-22-24-26-28-29-30-31-32-33-34-35-36-37-38-39-40-41-42-43-44-45-46-48-50-52-54-56-58-60-62-64-66-73(78)84-71(70-83-75(74(79)80)81-68-67-76(3,4)5)69-82-72(77)65-63-61-59-57-55-53-51-49-47-27-25-23-21-19-17-15-13-11-9-7-2/h18,20,24,26,71,75H,6-17,19,21-23,25,27-70H2,1-5H3/b20-18-,26-24-. The molecule has 0 N–H and O–H groups in total. The molecular weight excluding hydrogens is 1040 g/mol. The highest BCUT2D eigenvalue weighted by Gasteiger charge is 2.22. The van der Waals surface area contributed by atoms with Crippen LogP contribution in [0, 0.1) is 0 Å². The van der Waals surface area contributed by atoms with Crippen molar-refractivity contribution in [1.29, 1.82) is 0 Å². The van der Waals surface area contributed by atoms with Crippen molar-refractivity contribution in [3.63, 3.8) is 0 Å². The SMILES string of the molecule is CCCCCCC/C=C\C/C=C\CCCCCCCCCCCCCCCCCCCCCCCCCCCCCC(=O)OC(COC(=O)CCCCCCCCCCCCCCCCCCCCCC)COC(OCC[N+](C)(C)C)C(=O)[O-]. The Labute approximate surface area is 522 Å². The molecule has 0 bridgehead atoms. The largest absolute Gasteiger partial charge is 0.545 e. The van der Waals surface area contributed by atoms with Gasteiger partial charge in [-0.25, -0.2) is 0 Å². The molecule has 0 amide bonds. The highest BCUT2D eigenvalue weighted by molar-refractivity contribution is 5.70. The molecule has 0 aromatic rings. The van der Waals surface area contributed by atoms with E-state index in [2.05, 4.69) is 38.2 Å². The summed E-state index contributed by atoms with van der Waals surface area (Å²) >= 11 is 0. The topological polar surface area (TPSA) is 111 Å². The summed E-state index contributed by atoms with van der Waals surface area (Å²) in [6, 6.07) is 0. The van der Waals surface area contributed by atoms with Crippen molar-refractivity contribution in [3.8, 4) is 0 Å². The number of hydrogen-bond donors (Lipinski definition) is 0. The molecule has 9 nitrogen and oxygen atoms in total. The third kappa shape index (κ3) is 67.3. The number of carboxylic acid groups (broad SMARTS) is 1. The number of carbonyl (C=O) groups is 3. The molecule has 2 atom stereocenters. The minimum absolute atomic E-state index is 0.152. The van der Waals surface area contributed by atoms with Crippen LogP contribution in [0.1, 0.15) is 380 Å². The number of unbranched alkanes of at least 4 members (excludes halogenated alkanes) is 51. The second-order valence-electron chi connectivity index (χ2n) is 26.6. The van der Waals surface area contributed by atoms with E-state index in [0.717, 1.165) is 44.9 Å². The van der Waals surface area contributed by atoms with Crippen LogP contribution in [0.3, 0.4) is 0 Å². The van der Waals surface area contributed by atoms with Gasteiger partial charge in [-0.3, -0.25) is 9.59 Å². The summed E-state index contributed by atoms with van der Waals surface area (Å²) in [5, 5.41) is 11.8. The number of aliphatic carboxylic acids is 1. The second kappa shape index (κ2) is 66.7. The van der Waals surface area contributed by atoms with Gasteiger partial charge in [0.2, 0.25) is 0 Å². The lowest BCUT2D eigenvalue weighted by molar-refractivity contribution is -0.870. The summed E-state index contributed by atoms with van der Waals surface area (Å²) in [6.45, 7) is 4.82. The van der Waals surface area contributed by atoms with Crippen LogP contribution < -0.4 is 5.11 Å². The summed E-state index contributed by atoms with van der Waals surface area (Å²) in [5.41, 5.74) is 0. The van der Waals surface area contributed by atoms with Gasteiger partial charge in [0.25, 0.3) is 0 Å².